The number of benzene rings is 2. The average molecular weight is 494 g/mol. The molecule has 0 aromatic heterocycles. The Morgan fingerprint density at radius 1 is 1.18 bits per heavy atom. The van der Waals surface area contributed by atoms with Gasteiger partial charge in [-0.25, -0.2) is 0 Å². The number of carbonyl (C=O) groups excluding carboxylic acids is 1. The number of amides is 1. The van der Waals surface area contributed by atoms with Crippen molar-refractivity contribution in [3.63, 3.8) is 0 Å². The van der Waals surface area contributed by atoms with Crippen LogP contribution in [0.25, 0.3) is 0 Å². The minimum absolute atomic E-state index is 0. The van der Waals surface area contributed by atoms with E-state index in [1.807, 2.05) is 67.4 Å². The highest BCUT2D eigenvalue weighted by Gasteiger charge is 2.52. The second-order valence-electron chi connectivity index (χ2n) is 8.83. The highest BCUT2D eigenvalue weighted by molar-refractivity contribution is 6.30. The number of likely N-dealkylation sites (N-methyl/N-ethyl adjacent to an activating group) is 1. The van der Waals surface area contributed by atoms with Gasteiger partial charge >= 0.3 is 5.97 Å². The third-order valence-electron chi connectivity index (χ3n) is 6.44. The summed E-state index contributed by atoms with van der Waals surface area (Å²) in [7, 11) is 1.86. The second-order valence-corrected chi connectivity index (χ2v) is 9.70. The van der Waals surface area contributed by atoms with Gasteiger partial charge in [0.25, 0.3) is 0 Å². The van der Waals surface area contributed by atoms with Crippen LogP contribution in [0.2, 0.25) is 10.0 Å². The molecule has 2 aromatic rings. The molecule has 6 nitrogen and oxygen atoms in total. The van der Waals surface area contributed by atoms with Gasteiger partial charge in [0.15, 0.2) is 0 Å². The van der Waals surface area contributed by atoms with E-state index in [-0.39, 0.29) is 36.5 Å². The molecule has 0 radical (unpaired) electrons. The van der Waals surface area contributed by atoms with E-state index >= 15 is 0 Å². The van der Waals surface area contributed by atoms with Crippen molar-refractivity contribution in [3.8, 4) is 0 Å². The number of carboxylic acid groups (broad SMARTS) is 1. The zero-order chi connectivity index (χ0) is 23.5. The Bertz CT molecular complexity index is 970. The molecule has 1 amide bonds. The van der Waals surface area contributed by atoms with E-state index in [1.54, 1.807) is 6.92 Å². The molecule has 3 rings (SSSR count). The molecule has 5 N–H and O–H groups in total. The molecule has 2 aromatic carbocycles. The standard InChI is InChI=1S/C25H30Cl2N2O3.H3N/c1-4-20(15-28-3)29-23(16-8-10-18(26)11-9-16)21(17-6-5-7-19(27)12-17)13-25(2,24(29)32)14-22(30)31;/h5-12,20-21,23,28H,4,13-15H2,1-3H3,(H,30,31);1H3/t20?,21-,23-,25-;/m1./s1. The number of carboxylic acids is 1. The maximum absolute atomic E-state index is 13.9. The van der Waals surface area contributed by atoms with Gasteiger partial charge in [-0.05, 0) is 55.3 Å². The largest absolute Gasteiger partial charge is 0.481 e. The second kappa shape index (κ2) is 11.3. The third-order valence-corrected chi connectivity index (χ3v) is 6.92. The predicted octanol–water partition coefficient (Wildman–Crippen LogP) is 5.69. The topological polar surface area (TPSA) is 105 Å². The number of hydrogen-bond acceptors (Lipinski definition) is 4. The molecule has 1 aliphatic rings. The molecule has 1 fully saturated rings. The Morgan fingerprint density at radius 3 is 2.39 bits per heavy atom. The fourth-order valence-corrected chi connectivity index (χ4v) is 5.28. The number of aliphatic carboxylic acids is 1. The molecule has 33 heavy (non-hydrogen) atoms. The molecular weight excluding hydrogens is 461 g/mol. The van der Waals surface area contributed by atoms with Crippen molar-refractivity contribution in [1.29, 1.82) is 0 Å². The minimum atomic E-state index is -1.02. The molecular formula is C25H33Cl2N3O3. The molecule has 0 aliphatic carbocycles. The molecule has 1 heterocycles. The van der Waals surface area contributed by atoms with E-state index in [2.05, 4.69) is 5.32 Å². The quantitative estimate of drug-likeness (QED) is 0.437. The number of piperidine rings is 1. The number of likely N-dealkylation sites (tertiary alicyclic amines) is 1. The molecule has 1 saturated heterocycles. The zero-order valence-corrected chi connectivity index (χ0v) is 20.9. The molecule has 180 valence electrons. The lowest BCUT2D eigenvalue weighted by Gasteiger charge is -2.52. The van der Waals surface area contributed by atoms with E-state index in [4.69, 9.17) is 23.2 Å². The molecule has 1 aliphatic heterocycles. The number of nitrogens with one attached hydrogen (secondary N) is 1. The van der Waals surface area contributed by atoms with E-state index in [0.717, 1.165) is 17.5 Å². The molecule has 0 saturated carbocycles. The van der Waals surface area contributed by atoms with Gasteiger partial charge in [-0.2, -0.15) is 0 Å². The van der Waals surface area contributed by atoms with E-state index in [9.17, 15) is 14.7 Å². The number of nitrogens with zero attached hydrogens (tertiary/aromatic N) is 1. The Hall–Kier alpha value is -2.12. The number of carbonyl (C=O) groups is 2. The summed E-state index contributed by atoms with van der Waals surface area (Å²) in [6.07, 6.45) is 0.934. The first-order chi connectivity index (χ1) is 15.2. The van der Waals surface area contributed by atoms with Crippen LogP contribution in [0, 0.1) is 5.41 Å². The fourth-order valence-electron chi connectivity index (χ4n) is 4.96. The predicted molar refractivity (Wildman–Crippen MR) is 133 cm³/mol. The SMILES string of the molecule is CCC(CNC)N1C(=O)[C@@](C)(CC(=O)O)C[C@H](c2cccc(Cl)c2)[C@H]1c1ccc(Cl)cc1.N. The van der Waals surface area contributed by atoms with E-state index in [1.165, 1.54) is 0 Å². The van der Waals surface area contributed by atoms with Crippen LogP contribution in [-0.4, -0.2) is 41.5 Å². The highest BCUT2D eigenvalue weighted by Crippen LogP contribution is 2.52. The monoisotopic (exact) mass is 493 g/mol. The first-order valence-electron chi connectivity index (χ1n) is 10.9. The van der Waals surface area contributed by atoms with Crippen molar-refractivity contribution in [3.05, 3.63) is 69.7 Å². The van der Waals surface area contributed by atoms with Crippen LogP contribution in [0.4, 0.5) is 0 Å². The van der Waals surface area contributed by atoms with Crippen molar-refractivity contribution in [2.45, 2.75) is 51.1 Å². The molecule has 0 bridgehead atoms. The summed E-state index contributed by atoms with van der Waals surface area (Å²) >= 11 is 12.5. The van der Waals surface area contributed by atoms with Crippen molar-refractivity contribution >= 4 is 35.1 Å². The van der Waals surface area contributed by atoms with Crippen LogP contribution in [0.3, 0.4) is 0 Å². The Morgan fingerprint density at radius 2 is 1.85 bits per heavy atom. The van der Waals surface area contributed by atoms with Gasteiger partial charge in [0.1, 0.15) is 0 Å². The Labute approximate surface area is 205 Å². The lowest BCUT2D eigenvalue weighted by molar-refractivity contribution is -0.160. The molecule has 0 spiro atoms. The molecule has 1 unspecified atom stereocenters. The van der Waals surface area contributed by atoms with Crippen LogP contribution in [0.5, 0.6) is 0 Å². The van der Waals surface area contributed by atoms with Crippen molar-refractivity contribution in [2.75, 3.05) is 13.6 Å². The van der Waals surface area contributed by atoms with Gasteiger partial charge in [-0.1, -0.05) is 61.3 Å². The van der Waals surface area contributed by atoms with Crippen molar-refractivity contribution in [1.82, 2.24) is 16.4 Å². The summed E-state index contributed by atoms with van der Waals surface area (Å²) < 4.78 is 0. The highest BCUT2D eigenvalue weighted by atomic mass is 35.5. The summed E-state index contributed by atoms with van der Waals surface area (Å²) in [4.78, 5) is 27.6. The van der Waals surface area contributed by atoms with Crippen LogP contribution < -0.4 is 11.5 Å². The molecule has 4 atom stereocenters. The van der Waals surface area contributed by atoms with Crippen LogP contribution in [-0.2, 0) is 9.59 Å². The summed E-state index contributed by atoms with van der Waals surface area (Å²) in [6.45, 7) is 4.43. The lowest BCUT2D eigenvalue weighted by Crippen LogP contribution is -2.57. The molecule has 8 heteroatoms. The van der Waals surface area contributed by atoms with Gasteiger partial charge < -0.3 is 21.5 Å². The van der Waals surface area contributed by atoms with Gasteiger partial charge in [0, 0.05) is 28.5 Å². The third kappa shape index (κ3) is 5.87. The summed E-state index contributed by atoms with van der Waals surface area (Å²) in [5.41, 5.74) is 0.939. The number of hydrogen-bond donors (Lipinski definition) is 3. The van der Waals surface area contributed by atoms with Gasteiger partial charge in [0.05, 0.1) is 17.9 Å². The number of halogens is 2. The van der Waals surface area contributed by atoms with Crippen molar-refractivity contribution < 1.29 is 14.7 Å². The lowest BCUT2D eigenvalue weighted by atomic mass is 9.67. The summed E-state index contributed by atoms with van der Waals surface area (Å²) in [6, 6.07) is 14.9. The van der Waals surface area contributed by atoms with Crippen LogP contribution in [0.1, 0.15) is 56.2 Å². The first-order valence-corrected chi connectivity index (χ1v) is 11.7. The van der Waals surface area contributed by atoms with E-state index < -0.39 is 11.4 Å². The van der Waals surface area contributed by atoms with Crippen molar-refractivity contribution in [2.24, 2.45) is 5.41 Å². The van der Waals surface area contributed by atoms with Crippen LogP contribution >= 0.6 is 23.2 Å². The van der Waals surface area contributed by atoms with Crippen LogP contribution in [0.15, 0.2) is 48.5 Å². The van der Waals surface area contributed by atoms with Gasteiger partial charge in [-0.15, -0.1) is 0 Å². The first kappa shape index (κ1) is 27.1. The summed E-state index contributed by atoms with van der Waals surface area (Å²) in [5, 5.41) is 14.1. The zero-order valence-electron chi connectivity index (χ0n) is 19.4. The maximum atomic E-state index is 13.9. The normalized spacial score (nSPS) is 23.7. The van der Waals surface area contributed by atoms with Gasteiger partial charge in [-0.3, -0.25) is 9.59 Å². The Balaban J connectivity index is 0.00000385. The maximum Gasteiger partial charge on any atom is 0.304 e. The average Bonchev–Trinajstić information content (AvgIpc) is 2.74. The minimum Gasteiger partial charge on any atom is -0.481 e. The van der Waals surface area contributed by atoms with E-state index in [0.29, 0.717) is 23.0 Å². The fraction of sp³-hybridized carbons (Fsp3) is 0.440. The summed E-state index contributed by atoms with van der Waals surface area (Å²) in [5.74, 6) is -1.22. The Kier molecular flexibility index (Phi) is 9.32. The number of rotatable bonds is 8. The van der Waals surface area contributed by atoms with Gasteiger partial charge in [0.2, 0.25) is 5.91 Å². The smallest absolute Gasteiger partial charge is 0.304 e.